The van der Waals surface area contributed by atoms with Gasteiger partial charge in [0.25, 0.3) is 0 Å². The lowest BCUT2D eigenvalue weighted by Crippen LogP contribution is -2.42. The van der Waals surface area contributed by atoms with E-state index in [0.717, 1.165) is 25.8 Å². The average Bonchev–Trinajstić information content (AvgIpc) is 2.46. The SMILES string of the molecule is CC[C@H]1CCCCN1C(=O)/C=C/c1c(Cl)cccc1Cl. The second kappa shape index (κ2) is 7.14. The van der Waals surface area contributed by atoms with E-state index in [0.29, 0.717) is 21.7 Å². The maximum Gasteiger partial charge on any atom is 0.246 e. The highest BCUT2D eigenvalue weighted by Gasteiger charge is 2.23. The van der Waals surface area contributed by atoms with Crippen LogP contribution in [0.2, 0.25) is 10.0 Å². The molecule has 0 saturated carbocycles. The number of carbonyl (C=O) groups is 1. The summed E-state index contributed by atoms with van der Waals surface area (Å²) in [6, 6.07) is 5.70. The van der Waals surface area contributed by atoms with Crippen LogP contribution in [0, 0.1) is 0 Å². The molecule has 20 heavy (non-hydrogen) atoms. The maximum absolute atomic E-state index is 12.3. The third-order valence-electron chi connectivity index (χ3n) is 3.77. The van der Waals surface area contributed by atoms with Gasteiger partial charge >= 0.3 is 0 Å². The van der Waals surface area contributed by atoms with Crippen LogP contribution < -0.4 is 0 Å². The number of rotatable bonds is 3. The number of hydrogen-bond acceptors (Lipinski definition) is 1. The first kappa shape index (κ1) is 15.4. The first-order valence-electron chi connectivity index (χ1n) is 7.06. The summed E-state index contributed by atoms with van der Waals surface area (Å²) in [5, 5.41) is 1.12. The van der Waals surface area contributed by atoms with Gasteiger partial charge in [-0.1, -0.05) is 36.2 Å². The van der Waals surface area contributed by atoms with Crippen molar-refractivity contribution in [1.82, 2.24) is 4.90 Å². The Morgan fingerprint density at radius 2 is 2.05 bits per heavy atom. The molecule has 0 unspecified atom stereocenters. The van der Waals surface area contributed by atoms with Crippen molar-refractivity contribution in [1.29, 1.82) is 0 Å². The lowest BCUT2D eigenvalue weighted by Gasteiger charge is -2.34. The van der Waals surface area contributed by atoms with Crippen LogP contribution in [-0.4, -0.2) is 23.4 Å². The van der Waals surface area contributed by atoms with E-state index in [1.165, 1.54) is 6.42 Å². The van der Waals surface area contributed by atoms with Gasteiger partial charge in [0.1, 0.15) is 0 Å². The van der Waals surface area contributed by atoms with E-state index in [1.807, 2.05) is 4.90 Å². The van der Waals surface area contributed by atoms with Gasteiger partial charge in [-0.15, -0.1) is 0 Å². The van der Waals surface area contributed by atoms with Crippen molar-refractivity contribution in [3.8, 4) is 0 Å². The minimum absolute atomic E-state index is 0.0486. The van der Waals surface area contributed by atoms with Gasteiger partial charge in [0, 0.05) is 34.3 Å². The Balaban J connectivity index is 2.12. The molecule has 1 fully saturated rings. The quantitative estimate of drug-likeness (QED) is 0.734. The molecule has 0 N–H and O–H groups in total. The number of hydrogen-bond donors (Lipinski definition) is 0. The molecule has 1 aromatic carbocycles. The van der Waals surface area contributed by atoms with Gasteiger partial charge in [0.05, 0.1) is 0 Å². The van der Waals surface area contributed by atoms with Gasteiger partial charge in [-0.2, -0.15) is 0 Å². The van der Waals surface area contributed by atoms with E-state index in [4.69, 9.17) is 23.2 Å². The highest BCUT2D eigenvalue weighted by atomic mass is 35.5. The normalized spacial score (nSPS) is 19.6. The highest BCUT2D eigenvalue weighted by Crippen LogP contribution is 2.26. The fourth-order valence-corrected chi connectivity index (χ4v) is 3.16. The van der Waals surface area contributed by atoms with E-state index in [-0.39, 0.29) is 5.91 Å². The smallest absolute Gasteiger partial charge is 0.246 e. The Bertz CT molecular complexity index is 493. The van der Waals surface area contributed by atoms with Crippen molar-refractivity contribution in [2.24, 2.45) is 0 Å². The standard InChI is InChI=1S/C16H19Cl2NO/c1-2-12-6-3-4-11-19(12)16(20)10-9-13-14(17)7-5-8-15(13)18/h5,7-10,12H,2-4,6,11H2,1H3/b10-9+/t12-/m0/s1. The molecule has 2 nitrogen and oxygen atoms in total. The molecule has 0 aliphatic carbocycles. The number of piperidine rings is 1. The van der Waals surface area contributed by atoms with Gasteiger partial charge in [0.2, 0.25) is 5.91 Å². The molecule has 0 bridgehead atoms. The molecule has 0 radical (unpaired) electrons. The van der Waals surface area contributed by atoms with Crippen molar-refractivity contribution in [2.45, 2.75) is 38.6 Å². The molecule has 1 atom stereocenters. The summed E-state index contributed by atoms with van der Waals surface area (Å²) in [4.78, 5) is 14.3. The highest BCUT2D eigenvalue weighted by molar-refractivity contribution is 6.37. The van der Waals surface area contributed by atoms with Gasteiger partial charge in [-0.25, -0.2) is 0 Å². The van der Waals surface area contributed by atoms with E-state index < -0.39 is 0 Å². The number of benzene rings is 1. The molecule has 1 saturated heterocycles. The number of likely N-dealkylation sites (tertiary alicyclic amines) is 1. The molecule has 2 rings (SSSR count). The summed E-state index contributed by atoms with van der Waals surface area (Å²) < 4.78 is 0. The van der Waals surface area contributed by atoms with E-state index in [9.17, 15) is 4.79 Å². The predicted molar refractivity (Wildman–Crippen MR) is 85.1 cm³/mol. The summed E-state index contributed by atoms with van der Waals surface area (Å²) in [5.41, 5.74) is 0.703. The zero-order valence-electron chi connectivity index (χ0n) is 11.6. The number of carbonyl (C=O) groups excluding carboxylic acids is 1. The summed E-state index contributed by atoms with van der Waals surface area (Å²) in [7, 11) is 0. The topological polar surface area (TPSA) is 20.3 Å². The summed E-state index contributed by atoms with van der Waals surface area (Å²) in [6.45, 7) is 2.98. The summed E-state index contributed by atoms with van der Waals surface area (Å²) >= 11 is 12.2. The van der Waals surface area contributed by atoms with Crippen molar-refractivity contribution in [3.05, 3.63) is 39.9 Å². The van der Waals surface area contributed by atoms with Crippen molar-refractivity contribution >= 4 is 35.2 Å². The van der Waals surface area contributed by atoms with Crippen LogP contribution in [0.3, 0.4) is 0 Å². The predicted octanol–water partition coefficient (Wildman–Crippen LogP) is 4.80. The Kier molecular flexibility index (Phi) is 5.50. The van der Waals surface area contributed by atoms with Gasteiger partial charge < -0.3 is 4.90 Å². The lowest BCUT2D eigenvalue weighted by molar-refractivity contribution is -0.129. The molecular formula is C16H19Cl2NO. The second-order valence-electron chi connectivity index (χ2n) is 5.06. The third kappa shape index (κ3) is 3.56. The van der Waals surface area contributed by atoms with Crippen LogP contribution in [0.25, 0.3) is 6.08 Å². The van der Waals surface area contributed by atoms with Crippen LogP contribution >= 0.6 is 23.2 Å². The van der Waals surface area contributed by atoms with Crippen LogP contribution in [0.4, 0.5) is 0 Å². The minimum Gasteiger partial charge on any atom is -0.336 e. The first-order valence-corrected chi connectivity index (χ1v) is 7.81. The van der Waals surface area contributed by atoms with Crippen LogP contribution in [-0.2, 0) is 4.79 Å². The second-order valence-corrected chi connectivity index (χ2v) is 5.87. The molecule has 1 aromatic rings. The summed E-state index contributed by atoms with van der Waals surface area (Å²) in [6.07, 6.45) is 7.70. The monoisotopic (exact) mass is 311 g/mol. The fourth-order valence-electron chi connectivity index (χ4n) is 2.64. The van der Waals surface area contributed by atoms with E-state index in [2.05, 4.69) is 6.92 Å². The Morgan fingerprint density at radius 3 is 2.70 bits per heavy atom. The Morgan fingerprint density at radius 1 is 1.35 bits per heavy atom. The van der Waals surface area contributed by atoms with Crippen LogP contribution in [0.5, 0.6) is 0 Å². The number of nitrogens with zero attached hydrogens (tertiary/aromatic N) is 1. The Labute approximate surface area is 130 Å². The van der Waals surface area contributed by atoms with Crippen molar-refractivity contribution in [2.75, 3.05) is 6.54 Å². The van der Waals surface area contributed by atoms with Crippen molar-refractivity contribution in [3.63, 3.8) is 0 Å². The van der Waals surface area contributed by atoms with Gasteiger partial charge in [-0.3, -0.25) is 4.79 Å². The fraction of sp³-hybridized carbons (Fsp3) is 0.438. The number of halogens is 2. The lowest BCUT2D eigenvalue weighted by atomic mass is 10.00. The molecule has 0 aromatic heterocycles. The molecule has 1 aliphatic heterocycles. The zero-order chi connectivity index (χ0) is 14.5. The molecule has 1 heterocycles. The Hall–Kier alpha value is -0.990. The van der Waals surface area contributed by atoms with Gasteiger partial charge in [0.15, 0.2) is 0 Å². The maximum atomic E-state index is 12.3. The largest absolute Gasteiger partial charge is 0.336 e. The van der Waals surface area contributed by atoms with E-state index >= 15 is 0 Å². The van der Waals surface area contributed by atoms with Gasteiger partial charge in [-0.05, 0) is 43.9 Å². The van der Waals surface area contributed by atoms with Crippen molar-refractivity contribution < 1.29 is 4.79 Å². The first-order chi connectivity index (χ1) is 9.63. The molecule has 1 amide bonds. The van der Waals surface area contributed by atoms with Crippen LogP contribution in [0.1, 0.15) is 38.2 Å². The average molecular weight is 312 g/mol. The molecule has 0 spiro atoms. The third-order valence-corrected chi connectivity index (χ3v) is 4.43. The molecular weight excluding hydrogens is 293 g/mol. The molecule has 108 valence electrons. The minimum atomic E-state index is 0.0486. The zero-order valence-corrected chi connectivity index (χ0v) is 13.1. The molecule has 4 heteroatoms. The van der Waals surface area contributed by atoms with E-state index in [1.54, 1.807) is 30.4 Å². The summed E-state index contributed by atoms with van der Waals surface area (Å²) in [5.74, 6) is 0.0486. The van der Waals surface area contributed by atoms with Crippen LogP contribution in [0.15, 0.2) is 24.3 Å². The number of amides is 1. The molecule has 1 aliphatic rings.